The van der Waals surface area contributed by atoms with E-state index in [0.717, 1.165) is 22.9 Å². The van der Waals surface area contributed by atoms with E-state index in [-0.39, 0.29) is 23.7 Å². The van der Waals surface area contributed by atoms with Crippen molar-refractivity contribution in [3.63, 3.8) is 0 Å². The molecule has 28 heavy (non-hydrogen) atoms. The number of ether oxygens (including phenoxy) is 1. The number of nitrogens with one attached hydrogen (secondary N) is 1. The summed E-state index contributed by atoms with van der Waals surface area (Å²) in [5, 5.41) is 4.99. The van der Waals surface area contributed by atoms with Gasteiger partial charge in [0, 0.05) is 35.9 Å². The summed E-state index contributed by atoms with van der Waals surface area (Å²) < 4.78 is 58.2. The van der Waals surface area contributed by atoms with Gasteiger partial charge in [-0.15, -0.1) is 0 Å². The van der Waals surface area contributed by atoms with Crippen LogP contribution in [0.15, 0.2) is 54.9 Å². The fourth-order valence-corrected chi connectivity index (χ4v) is 3.40. The highest BCUT2D eigenvalue weighted by atomic mass is 19.4. The van der Waals surface area contributed by atoms with Crippen LogP contribution < -0.4 is 10.1 Å². The Morgan fingerprint density at radius 3 is 2.71 bits per heavy atom. The second-order valence-electron chi connectivity index (χ2n) is 6.94. The predicted molar refractivity (Wildman–Crippen MR) is 97.4 cm³/mol. The number of hydrogen-bond donors (Lipinski definition) is 1. The van der Waals surface area contributed by atoms with Crippen LogP contribution in [0.1, 0.15) is 24.0 Å². The van der Waals surface area contributed by atoms with E-state index >= 15 is 0 Å². The van der Waals surface area contributed by atoms with E-state index in [4.69, 9.17) is 4.74 Å². The van der Waals surface area contributed by atoms with Gasteiger partial charge in [-0.25, -0.2) is 4.39 Å². The van der Waals surface area contributed by atoms with Gasteiger partial charge in [-0.3, -0.25) is 4.98 Å². The Bertz CT molecular complexity index is 984. The molecule has 0 spiro atoms. The number of nitrogens with zero attached hydrogens (tertiary/aromatic N) is 1. The Kier molecular flexibility index (Phi) is 4.93. The van der Waals surface area contributed by atoms with Crippen molar-refractivity contribution in [2.75, 3.05) is 0 Å². The van der Waals surface area contributed by atoms with E-state index in [2.05, 4.69) is 10.3 Å². The van der Waals surface area contributed by atoms with Crippen LogP contribution in [-0.4, -0.2) is 17.1 Å². The van der Waals surface area contributed by atoms with Crippen molar-refractivity contribution in [1.29, 1.82) is 0 Å². The van der Waals surface area contributed by atoms with E-state index in [1.54, 1.807) is 24.5 Å². The zero-order valence-corrected chi connectivity index (χ0v) is 14.8. The number of fused-ring (bicyclic) bond motifs is 1. The number of benzene rings is 2. The summed E-state index contributed by atoms with van der Waals surface area (Å²) in [4.78, 5) is 4.05. The zero-order valence-electron chi connectivity index (χ0n) is 14.8. The summed E-state index contributed by atoms with van der Waals surface area (Å²) in [7, 11) is 0. The molecule has 1 fully saturated rings. The molecule has 0 radical (unpaired) electrons. The molecule has 0 amide bonds. The molecule has 146 valence electrons. The summed E-state index contributed by atoms with van der Waals surface area (Å²) in [6, 6.07) is 9.94. The van der Waals surface area contributed by atoms with Crippen molar-refractivity contribution >= 4 is 10.8 Å². The first kappa shape index (κ1) is 18.7. The first-order valence-corrected chi connectivity index (χ1v) is 8.98. The third kappa shape index (κ3) is 3.94. The smallest absolute Gasteiger partial charge is 0.416 e. The maximum Gasteiger partial charge on any atom is 0.416 e. The van der Waals surface area contributed by atoms with Crippen molar-refractivity contribution in [1.82, 2.24) is 10.3 Å². The van der Waals surface area contributed by atoms with Gasteiger partial charge >= 0.3 is 6.18 Å². The first-order valence-electron chi connectivity index (χ1n) is 8.98. The molecule has 0 bridgehead atoms. The van der Waals surface area contributed by atoms with Crippen LogP contribution in [0.3, 0.4) is 0 Å². The fraction of sp³-hybridized carbons (Fsp3) is 0.286. The van der Waals surface area contributed by atoms with Crippen LogP contribution in [0, 0.1) is 5.82 Å². The van der Waals surface area contributed by atoms with Crippen LogP contribution in [0.5, 0.6) is 5.75 Å². The van der Waals surface area contributed by atoms with Gasteiger partial charge in [-0.2, -0.15) is 13.2 Å². The molecule has 1 aliphatic carbocycles. The van der Waals surface area contributed by atoms with Crippen LogP contribution in [0.4, 0.5) is 17.6 Å². The van der Waals surface area contributed by atoms with Gasteiger partial charge in [-0.05, 0) is 54.6 Å². The molecule has 2 aromatic carbocycles. The molecule has 1 saturated carbocycles. The van der Waals surface area contributed by atoms with Crippen LogP contribution in [0.25, 0.3) is 10.8 Å². The molecule has 0 aliphatic heterocycles. The van der Waals surface area contributed by atoms with Crippen molar-refractivity contribution in [2.24, 2.45) is 0 Å². The largest absolute Gasteiger partial charge is 0.490 e. The molecule has 1 heterocycles. The van der Waals surface area contributed by atoms with Crippen LogP contribution in [-0.2, 0) is 12.7 Å². The molecule has 0 unspecified atom stereocenters. The quantitative estimate of drug-likeness (QED) is 0.616. The molecule has 1 N–H and O–H groups in total. The molecule has 0 saturated heterocycles. The third-order valence-corrected chi connectivity index (χ3v) is 5.00. The summed E-state index contributed by atoms with van der Waals surface area (Å²) in [6.07, 6.45) is 0.103. The number of halogens is 4. The Hall–Kier alpha value is -2.67. The highest BCUT2D eigenvalue weighted by molar-refractivity contribution is 5.84. The second-order valence-corrected chi connectivity index (χ2v) is 6.94. The van der Waals surface area contributed by atoms with Crippen molar-refractivity contribution < 1.29 is 22.3 Å². The Morgan fingerprint density at radius 1 is 1.11 bits per heavy atom. The molecule has 1 aromatic heterocycles. The Morgan fingerprint density at radius 2 is 1.93 bits per heavy atom. The molecule has 3 aromatic rings. The second kappa shape index (κ2) is 7.39. The number of rotatable bonds is 5. The minimum Gasteiger partial charge on any atom is -0.490 e. The van der Waals surface area contributed by atoms with Crippen molar-refractivity contribution in [3.8, 4) is 5.75 Å². The molecular weight excluding hydrogens is 372 g/mol. The van der Waals surface area contributed by atoms with Crippen LogP contribution in [0.2, 0.25) is 0 Å². The van der Waals surface area contributed by atoms with Gasteiger partial charge < -0.3 is 10.1 Å². The molecule has 1 aliphatic rings. The Balaban J connectivity index is 1.33. The topological polar surface area (TPSA) is 34.2 Å². The molecule has 3 nitrogen and oxygen atoms in total. The molecule has 7 heteroatoms. The summed E-state index contributed by atoms with van der Waals surface area (Å²) in [6.45, 7) is 0.369. The SMILES string of the molecule is Fc1ccc2cnccc2c1CN[C@H]1C[C@H](Oc2cccc(C(F)(F)F)c2)C1. The van der Waals surface area contributed by atoms with Gasteiger partial charge in [-0.1, -0.05) is 6.07 Å². The number of hydrogen-bond acceptors (Lipinski definition) is 3. The van der Waals surface area contributed by atoms with Crippen molar-refractivity contribution in [3.05, 3.63) is 71.8 Å². The normalized spacial score (nSPS) is 19.4. The minimum absolute atomic E-state index is 0.132. The van der Waals surface area contributed by atoms with Gasteiger partial charge in [0.25, 0.3) is 0 Å². The van der Waals surface area contributed by atoms with Crippen molar-refractivity contribution in [2.45, 2.75) is 37.7 Å². The average molecular weight is 390 g/mol. The first-order chi connectivity index (χ1) is 13.4. The van der Waals surface area contributed by atoms with E-state index in [1.165, 1.54) is 18.2 Å². The maximum atomic E-state index is 14.2. The lowest BCUT2D eigenvalue weighted by Gasteiger charge is -2.36. The van der Waals surface area contributed by atoms with Gasteiger partial charge in [0.1, 0.15) is 17.7 Å². The summed E-state index contributed by atoms with van der Waals surface area (Å²) in [5.41, 5.74) is -0.137. The lowest BCUT2D eigenvalue weighted by molar-refractivity contribution is -0.137. The monoisotopic (exact) mass is 390 g/mol. The maximum absolute atomic E-state index is 14.2. The van der Waals surface area contributed by atoms with Gasteiger partial charge in [0.2, 0.25) is 0 Å². The standard InChI is InChI=1S/C21H18F4N2O/c22-20-5-4-13-11-26-7-6-18(13)19(20)12-27-15-9-17(10-15)28-16-3-1-2-14(8-16)21(23,24)25/h1-8,11,15,17,27H,9-10,12H2/t15-,17-. The van der Waals surface area contributed by atoms with E-state index in [1.807, 2.05) is 0 Å². The zero-order chi connectivity index (χ0) is 19.7. The third-order valence-electron chi connectivity index (χ3n) is 5.00. The number of alkyl halides is 3. The van der Waals surface area contributed by atoms with E-state index in [9.17, 15) is 17.6 Å². The van der Waals surface area contributed by atoms with Gasteiger partial charge in [0.05, 0.1) is 5.56 Å². The highest BCUT2D eigenvalue weighted by Crippen LogP contribution is 2.33. The lowest BCUT2D eigenvalue weighted by atomic mass is 9.89. The fourth-order valence-electron chi connectivity index (χ4n) is 3.40. The average Bonchev–Trinajstić information content (AvgIpc) is 2.64. The molecule has 0 atom stereocenters. The van der Waals surface area contributed by atoms with Gasteiger partial charge in [0.15, 0.2) is 0 Å². The van der Waals surface area contributed by atoms with Crippen LogP contribution >= 0.6 is 0 Å². The number of aromatic nitrogens is 1. The van der Waals surface area contributed by atoms with E-state index in [0.29, 0.717) is 24.9 Å². The summed E-state index contributed by atoms with van der Waals surface area (Å²) >= 11 is 0. The van der Waals surface area contributed by atoms with E-state index < -0.39 is 11.7 Å². The Labute approximate surface area is 159 Å². The lowest BCUT2D eigenvalue weighted by Crippen LogP contribution is -2.46. The molecule has 4 rings (SSSR count). The number of pyridine rings is 1. The highest BCUT2D eigenvalue weighted by Gasteiger charge is 2.33. The predicted octanol–water partition coefficient (Wildman–Crippen LogP) is 5.09. The minimum atomic E-state index is -4.39. The molecular formula is C21H18F4N2O. The summed E-state index contributed by atoms with van der Waals surface area (Å²) in [5.74, 6) is -0.0619.